The molecule has 2 rings (SSSR count). The molecule has 0 fully saturated rings. The molecule has 0 radical (unpaired) electrons. The van der Waals surface area contributed by atoms with Crippen molar-refractivity contribution >= 4 is 5.91 Å². The van der Waals surface area contributed by atoms with Crippen molar-refractivity contribution in [3.63, 3.8) is 0 Å². The number of nitrogens with one attached hydrogen (secondary N) is 1. The zero-order chi connectivity index (χ0) is 20.7. The van der Waals surface area contributed by atoms with Crippen molar-refractivity contribution in [2.45, 2.75) is 39.7 Å². The van der Waals surface area contributed by atoms with Gasteiger partial charge in [-0.15, -0.1) is 0 Å². The summed E-state index contributed by atoms with van der Waals surface area (Å²) in [5.41, 5.74) is 3.15. The SMILES string of the molecule is CCc1ccc(C(NC(=O)Cc2ccc(OC)c(OC)c2OC)C(C)C)cc1. The second-order valence-corrected chi connectivity index (χ2v) is 7.05. The van der Waals surface area contributed by atoms with Crippen molar-refractivity contribution in [1.29, 1.82) is 0 Å². The first-order valence-corrected chi connectivity index (χ1v) is 9.61. The average molecular weight is 386 g/mol. The first-order chi connectivity index (χ1) is 13.4. The molecule has 0 aliphatic heterocycles. The lowest BCUT2D eigenvalue weighted by atomic mass is 9.94. The van der Waals surface area contributed by atoms with E-state index in [1.807, 2.05) is 6.07 Å². The number of amides is 1. The molecule has 0 aliphatic carbocycles. The van der Waals surface area contributed by atoms with Crippen LogP contribution in [0.4, 0.5) is 0 Å². The number of methoxy groups -OCH3 is 3. The van der Waals surface area contributed by atoms with Crippen LogP contribution in [0.2, 0.25) is 0 Å². The maximum atomic E-state index is 12.8. The van der Waals surface area contributed by atoms with Crippen molar-refractivity contribution in [3.05, 3.63) is 53.1 Å². The fourth-order valence-corrected chi connectivity index (χ4v) is 3.30. The first-order valence-electron chi connectivity index (χ1n) is 9.61. The number of carbonyl (C=O) groups is 1. The van der Waals surface area contributed by atoms with Crippen molar-refractivity contribution in [2.75, 3.05) is 21.3 Å². The van der Waals surface area contributed by atoms with Gasteiger partial charge in [0.2, 0.25) is 11.7 Å². The van der Waals surface area contributed by atoms with E-state index in [0.29, 0.717) is 17.2 Å². The topological polar surface area (TPSA) is 56.8 Å². The third kappa shape index (κ3) is 4.97. The monoisotopic (exact) mass is 385 g/mol. The zero-order valence-electron chi connectivity index (χ0n) is 17.7. The van der Waals surface area contributed by atoms with E-state index in [4.69, 9.17) is 14.2 Å². The quantitative estimate of drug-likeness (QED) is 0.698. The van der Waals surface area contributed by atoms with Gasteiger partial charge in [-0.05, 0) is 29.5 Å². The van der Waals surface area contributed by atoms with E-state index < -0.39 is 0 Å². The van der Waals surface area contributed by atoms with Crippen LogP contribution in [0.1, 0.15) is 43.5 Å². The number of hydrogen-bond donors (Lipinski definition) is 1. The molecule has 1 unspecified atom stereocenters. The van der Waals surface area contributed by atoms with Gasteiger partial charge in [0, 0.05) is 5.56 Å². The largest absolute Gasteiger partial charge is 0.493 e. The minimum absolute atomic E-state index is 0.0513. The van der Waals surface area contributed by atoms with E-state index in [0.717, 1.165) is 17.5 Å². The Hall–Kier alpha value is -2.69. The molecule has 1 amide bonds. The molecule has 152 valence electrons. The van der Waals surface area contributed by atoms with Crippen molar-refractivity contribution in [1.82, 2.24) is 5.32 Å². The van der Waals surface area contributed by atoms with E-state index in [-0.39, 0.29) is 24.3 Å². The van der Waals surface area contributed by atoms with Gasteiger partial charge in [-0.1, -0.05) is 51.1 Å². The molecule has 0 heterocycles. The minimum Gasteiger partial charge on any atom is -0.493 e. The Balaban J connectivity index is 2.21. The van der Waals surface area contributed by atoms with Gasteiger partial charge in [0.05, 0.1) is 33.8 Å². The van der Waals surface area contributed by atoms with Crippen molar-refractivity contribution < 1.29 is 19.0 Å². The van der Waals surface area contributed by atoms with Crippen LogP contribution in [0.15, 0.2) is 36.4 Å². The minimum atomic E-state index is -0.0659. The average Bonchev–Trinajstić information content (AvgIpc) is 2.71. The number of benzene rings is 2. The number of carbonyl (C=O) groups excluding carboxylic acids is 1. The molecule has 0 saturated carbocycles. The molecular weight excluding hydrogens is 354 g/mol. The Morgan fingerprint density at radius 3 is 2.07 bits per heavy atom. The molecule has 1 N–H and O–H groups in total. The van der Waals surface area contributed by atoms with Gasteiger partial charge in [0.1, 0.15) is 0 Å². The summed E-state index contributed by atoms with van der Waals surface area (Å²) in [4.78, 5) is 12.8. The third-order valence-corrected chi connectivity index (χ3v) is 4.87. The smallest absolute Gasteiger partial charge is 0.225 e. The number of ether oxygens (including phenoxy) is 3. The fraction of sp³-hybridized carbons (Fsp3) is 0.435. The Labute approximate surface area is 168 Å². The highest BCUT2D eigenvalue weighted by Crippen LogP contribution is 2.40. The molecule has 2 aromatic carbocycles. The van der Waals surface area contributed by atoms with E-state index in [9.17, 15) is 4.79 Å². The maximum Gasteiger partial charge on any atom is 0.225 e. The summed E-state index contributed by atoms with van der Waals surface area (Å²) >= 11 is 0. The predicted octanol–water partition coefficient (Wildman–Crippen LogP) is 4.33. The Kier molecular flexibility index (Phi) is 7.73. The summed E-state index contributed by atoms with van der Waals surface area (Å²) in [7, 11) is 4.69. The van der Waals surface area contributed by atoms with Gasteiger partial charge in [0.25, 0.3) is 0 Å². The Bertz CT molecular complexity index is 784. The standard InChI is InChI=1S/C23H31NO4/c1-7-16-8-10-17(11-9-16)21(15(2)3)24-20(25)14-18-12-13-19(26-4)23(28-6)22(18)27-5/h8-13,15,21H,7,14H2,1-6H3,(H,24,25). The zero-order valence-corrected chi connectivity index (χ0v) is 17.7. The summed E-state index contributed by atoms with van der Waals surface area (Å²) in [6.45, 7) is 6.35. The molecule has 0 aliphatic rings. The second kappa shape index (κ2) is 10.0. The first kappa shape index (κ1) is 21.6. The second-order valence-electron chi connectivity index (χ2n) is 7.05. The fourth-order valence-electron chi connectivity index (χ4n) is 3.30. The number of hydrogen-bond acceptors (Lipinski definition) is 4. The van der Waals surface area contributed by atoms with Gasteiger partial charge in [-0.25, -0.2) is 0 Å². The summed E-state index contributed by atoms with van der Waals surface area (Å²) in [5.74, 6) is 1.78. The van der Waals surface area contributed by atoms with Crippen molar-refractivity contribution in [2.24, 2.45) is 5.92 Å². The highest BCUT2D eigenvalue weighted by molar-refractivity contribution is 5.80. The highest BCUT2D eigenvalue weighted by atomic mass is 16.5. The van der Waals surface area contributed by atoms with E-state index in [2.05, 4.69) is 50.4 Å². The molecule has 0 aromatic heterocycles. The molecule has 5 nitrogen and oxygen atoms in total. The molecule has 2 aromatic rings. The van der Waals surface area contributed by atoms with Gasteiger partial charge < -0.3 is 19.5 Å². The Morgan fingerprint density at radius 1 is 0.929 bits per heavy atom. The van der Waals surface area contributed by atoms with Crippen LogP contribution in [0.5, 0.6) is 17.2 Å². The molecular formula is C23H31NO4. The van der Waals surface area contributed by atoms with Gasteiger partial charge in [-0.3, -0.25) is 4.79 Å². The van der Waals surface area contributed by atoms with Gasteiger partial charge >= 0.3 is 0 Å². The lowest BCUT2D eigenvalue weighted by Gasteiger charge is -2.24. The van der Waals surface area contributed by atoms with Crippen LogP contribution in [0, 0.1) is 5.92 Å². The van der Waals surface area contributed by atoms with Gasteiger partial charge in [-0.2, -0.15) is 0 Å². The van der Waals surface area contributed by atoms with Crippen LogP contribution in [-0.4, -0.2) is 27.2 Å². The third-order valence-electron chi connectivity index (χ3n) is 4.87. The maximum absolute atomic E-state index is 12.8. The van der Waals surface area contributed by atoms with Crippen LogP contribution in [0.3, 0.4) is 0 Å². The predicted molar refractivity (Wildman–Crippen MR) is 111 cm³/mol. The molecule has 5 heteroatoms. The summed E-state index contributed by atoms with van der Waals surface area (Å²) in [6, 6.07) is 12.0. The van der Waals surface area contributed by atoms with E-state index in [1.54, 1.807) is 27.4 Å². The van der Waals surface area contributed by atoms with Crippen LogP contribution in [-0.2, 0) is 17.6 Å². The lowest BCUT2D eigenvalue weighted by Crippen LogP contribution is -2.33. The number of aryl methyl sites for hydroxylation is 1. The summed E-state index contributed by atoms with van der Waals surface area (Å²) in [6.07, 6.45) is 1.19. The lowest BCUT2D eigenvalue weighted by molar-refractivity contribution is -0.121. The summed E-state index contributed by atoms with van der Waals surface area (Å²) < 4.78 is 16.2. The Morgan fingerprint density at radius 2 is 1.57 bits per heavy atom. The molecule has 0 spiro atoms. The van der Waals surface area contributed by atoms with E-state index in [1.165, 1.54) is 5.56 Å². The van der Waals surface area contributed by atoms with Crippen LogP contribution < -0.4 is 19.5 Å². The van der Waals surface area contributed by atoms with E-state index >= 15 is 0 Å². The molecule has 28 heavy (non-hydrogen) atoms. The normalized spacial score (nSPS) is 11.8. The van der Waals surface area contributed by atoms with Crippen molar-refractivity contribution in [3.8, 4) is 17.2 Å². The summed E-state index contributed by atoms with van der Waals surface area (Å²) in [5, 5.41) is 3.17. The molecule has 0 saturated heterocycles. The van der Waals surface area contributed by atoms with Crippen LogP contribution >= 0.6 is 0 Å². The highest BCUT2D eigenvalue weighted by Gasteiger charge is 2.21. The van der Waals surface area contributed by atoms with Gasteiger partial charge in [0.15, 0.2) is 11.5 Å². The van der Waals surface area contributed by atoms with Crippen LogP contribution in [0.25, 0.3) is 0 Å². The molecule has 1 atom stereocenters. The molecule has 0 bridgehead atoms. The number of rotatable bonds is 9.